The highest BCUT2D eigenvalue weighted by Gasteiger charge is 2.24. The monoisotopic (exact) mass is 454 g/mol. The Hall–Kier alpha value is -2.75. The largest absolute Gasteiger partial charge is 0.378 e. The highest BCUT2D eigenvalue weighted by atomic mass is 32.1. The minimum absolute atomic E-state index is 0.167. The molecule has 0 amide bonds. The van der Waals surface area contributed by atoms with E-state index in [9.17, 15) is 4.39 Å². The van der Waals surface area contributed by atoms with Crippen LogP contribution in [0.25, 0.3) is 5.69 Å². The second-order valence-electron chi connectivity index (χ2n) is 8.05. The molecular weight excluding hydrogens is 427 g/mol. The van der Waals surface area contributed by atoms with Gasteiger partial charge in [0, 0.05) is 39.3 Å². The lowest BCUT2D eigenvalue weighted by atomic mass is 10.2. The molecule has 0 N–H and O–H groups in total. The van der Waals surface area contributed by atoms with Gasteiger partial charge in [-0.25, -0.2) is 9.07 Å². The van der Waals surface area contributed by atoms with Gasteiger partial charge in [0.15, 0.2) is 0 Å². The Morgan fingerprint density at radius 2 is 1.53 bits per heavy atom. The summed E-state index contributed by atoms with van der Waals surface area (Å²) in [5.74, 6) is 0.689. The van der Waals surface area contributed by atoms with Crippen molar-refractivity contribution in [1.29, 1.82) is 0 Å². The van der Waals surface area contributed by atoms with Crippen molar-refractivity contribution in [2.24, 2.45) is 0 Å². The third-order valence-corrected chi connectivity index (χ3v) is 6.42. The molecule has 9 heteroatoms. The number of morpholine rings is 1. The van der Waals surface area contributed by atoms with Crippen LogP contribution in [0.1, 0.15) is 0 Å². The van der Waals surface area contributed by atoms with E-state index in [0.717, 1.165) is 50.9 Å². The summed E-state index contributed by atoms with van der Waals surface area (Å²) in [6, 6.07) is 17.1. The van der Waals surface area contributed by atoms with Crippen molar-refractivity contribution in [2.45, 2.75) is 6.67 Å². The zero-order valence-corrected chi connectivity index (χ0v) is 18.8. The molecule has 3 aromatic rings. The van der Waals surface area contributed by atoms with E-state index in [4.69, 9.17) is 22.1 Å². The van der Waals surface area contributed by atoms with Crippen LogP contribution in [0.2, 0.25) is 0 Å². The molecule has 3 heterocycles. The van der Waals surface area contributed by atoms with E-state index in [1.165, 1.54) is 6.07 Å². The molecule has 0 atom stereocenters. The van der Waals surface area contributed by atoms with E-state index in [0.29, 0.717) is 30.3 Å². The quantitative estimate of drug-likeness (QED) is 0.552. The number of halogens is 1. The first-order valence-electron chi connectivity index (χ1n) is 11.0. The smallest absolute Gasteiger partial charge is 0.230 e. The predicted molar refractivity (Wildman–Crippen MR) is 126 cm³/mol. The van der Waals surface area contributed by atoms with Gasteiger partial charge in [-0.3, -0.25) is 9.47 Å². The summed E-state index contributed by atoms with van der Waals surface area (Å²) in [6.07, 6.45) is 0. The number of benzene rings is 2. The van der Waals surface area contributed by atoms with Crippen molar-refractivity contribution in [2.75, 3.05) is 62.3 Å². The van der Waals surface area contributed by atoms with Gasteiger partial charge in [-0.1, -0.05) is 30.3 Å². The van der Waals surface area contributed by atoms with Crippen LogP contribution in [0.15, 0.2) is 54.6 Å². The minimum atomic E-state index is -0.167. The van der Waals surface area contributed by atoms with E-state index in [1.807, 2.05) is 35.0 Å². The summed E-state index contributed by atoms with van der Waals surface area (Å²) >= 11 is 5.87. The Balaban J connectivity index is 1.36. The van der Waals surface area contributed by atoms with Gasteiger partial charge < -0.3 is 14.5 Å². The van der Waals surface area contributed by atoms with Crippen LogP contribution in [0, 0.1) is 10.6 Å². The number of ether oxygens (including phenoxy) is 1. The number of rotatable bonds is 5. The van der Waals surface area contributed by atoms with Crippen molar-refractivity contribution in [3.63, 3.8) is 0 Å². The number of nitrogens with zero attached hydrogens (tertiary/aromatic N) is 6. The number of para-hydroxylation sites is 2. The first-order chi connectivity index (χ1) is 15.7. The molecule has 168 valence electrons. The van der Waals surface area contributed by atoms with E-state index in [-0.39, 0.29) is 5.82 Å². The summed E-state index contributed by atoms with van der Waals surface area (Å²) in [6.45, 7) is 6.75. The van der Waals surface area contributed by atoms with E-state index >= 15 is 0 Å². The van der Waals surface area contributed by atoms with Crippen LogP contribution in [0.3, 0.4) is 0 Å². The summed E-state index contributed by atoms with van der Waals surface area (Å²) < 4.78 is 24.3. The van der Waals surface area contributed by atoms with E-state index in [1.54, 1.807) is 6.07 Å². The van der Waals surface area contributed by atoms with Crippen LogP contribution in [-0.4, -0.2) is 71.7 Å². The molecular formula is C23H27FN6OS. The molecule has 5 rings (SSSR count). The van der Waals surface area contributed by atoms with Crippen molar-refractivity contribution >= 4 is 23.9 Å². The van der Waals surface area contributed by atoms with Gasteiger partial charge in [-0.15, -0.1) is 5.10 Å². The lowest BCUT2D eigenvalue weighted by Crippen LogP contribution is -2.47. The maximum Gasteiger partial charge on any atom is 0.230 e. The molecule has 2 aromatic carbocycles. The summed E-state index contributed by atoms with van der Waals surface area (Å²) in [5.41, 5.74) is 1.68. The molecule has 7 nitrogen and oxygen atoms in total. The Morgan fingerprint density at radius 3 is 2.25 bits per heavy atom. The Morgan fingerprint density at radius 1 is 0.844 bits per heavy atom. The first-order valence-corrected chi connectivity index (χ1v) is 11.4. The van der Waals surface area contributed by atoms with Crippen LogP contribution in [-0.2, 0) is 11.4 Å². The number of hydrogen-bond donors (Lipinski definition) is 0. The topological polar surface area (TPSA) is 41.7 Å². The highest BCUT2D eigenvalue weighted by molar-refractivity contribution is 7.71. The molecule has 2 saturated heterocycles. The second kappa shape index (κ2) is 9.40. The fourth-order valence-corrected chi connectivity index (χ4v) is 4.57. The summed E-state index contributed by atoms with van der Waals surface area (Å²) in [4.78, 5) is 6.66. The van der Waals surface area contributed by atoms with Gasteiger partial charge in [0.25, 0.3) is 0 Å². The molecule has 0 unspecified atom stereocenters. The molecule has 2 aliphatic heterocycles. The summed E-state index contributed by atoms with van der Waals surface area (Å²) in [7, 11) is 0. The fourth-order valence-electron chi connectivity index (χ4n) is 4.29. The van der Waals surface area contributed by atoms with Crippen molar-refractivity contribution in [3.05, 3.63) is 65.2 Å². The normalized spacial score (nSPS) is 17.7. The molecule has 0 bridgehead atoms. The molecule has 1 aromatic heterocycles. The Bertz CT molecular complexity index is 1100. The molecule has 2 aliphatic rings. The van der Waals surface area contributed by atoms with E-state index in [2.05, 4.69) is 31.4 Å². The molecule has 0 aliphatic carbocycles. The molecule has 0 spiro atoms. The van der Waals surface area contributed by atoms with Gasteiger partial charge >= 0.3 is 0 Å². The lowest BCUT2D eigenvalue weighted by Gasteiger charge is -2.35. The minimum Gasteiger partial charge on any atom is -0.378 e. The zero-order chi connectivity index (χ0) is 21.9. The van der Waals surface area contributed by atoms with Crippen LogP contribution in [0.4, 0.5) is 16.0 Å². The molecule has 2 fully saturated rings. The van der Waals surface area contributed by atoms with Gasteiger partial charge in [0.2, 0.25) is 10.7 Å². The SMILES string of the molecule is Fc1ccccc1N1CCN(Cn2nc(N3CCOCC3)n(-c3ccccc3)c2=S)CC1. The van der Waals surface area contributed by atoms with Crippen LogP contribution >= 0.6 is 12.2 Å². The number of anilines is 2. The van der Waals surface area contributed by atoms with Crippen LogP contribution in [0.5, 0.6) is 0 Å². The lowest BCUT2D eigenvalue weighted by molar-refractivity contribution is 0.121. The van der Waals surface area contributed by atoms with Gasteiger partial charge in [0.05, 0.1) is 31.3 Å². The third-order valence-electron chi connectivity index (χ3n) is 6.03. The van der Waals surface area contributed by atoms with Crippen molar-refractivity contribution in [3.8, 4) is 5.69 Å². The fraction of sp³-hybridized carbons (Fsp3) is 0.391. The maximum absolute atomic E-state index is 14.2. The Kier molecular flexibility index (Phi) is 6.20. The van der Waals surface area contributed by atoms with Crippen LogP contribution < -0.4 is 9.80 Å². The predicted octanol–water partition coefficient (Wildman–Crippen LogP) is 3.16. The van der Waals surface area contributed by atoms with Gasteiger partial charge in [-0.05, 0) is 36.5 Å². The first kappa shape index (κ1) is 21.1. The van der Waals surface area contributed by atoms with Crippen molar-refractivity contribution < 1.29 is 9.13 Å². The summed E-state index contributed by atoms with van der Waals surface area (Å²) in [5, 5.41) is 4.93. The van der Waals surface area contributed by atoms with Crippen molar-refractivity contribution in [1.82, 2.24) is 19.2 Å². The molecule has 0 radical (unpaired) electrons. The second-order valence-corrected chi connectivity index (χ2v) is 8.42. The molecule has 32 heavy (non-hydrogen) atoms. The van der Waals surface area contributed by atoms with Gasteiger partial charge in [-0.2, -0.15) is 0 Å². The highest BCUT2D eigenvalue weighted by Crippen LogP contribution is 2.23. The standard InChI is InChI=1S/C23H27FN6OS/c24-20-8-4-5-9-21(20)27-12-10-26(11-13-27)18-29-23(32)30(19-6-2-1-3-7-19)22(25-29)28-14-16-31-17-15-28/h1-9H,10-18H2. The average molecular weight is 455 g/mol. The maximum atomic E-state index is 14.2. The third kappa shape index (κ3) is 4.28. The van der Waals surface area contributed by atoms with E-state index < -0.39 is 0 Å². The molecule has 0 saturated carbocycles. The Labute approximate surface area is 192 Å². The zero-order valence-electron chi connectivity index (χ0n) is 17.9. The average Bonchev–Trinajstić information content (AvgIpc) is 3.17. The number of aromatic nitrogens is 3. The van der Waals surface area contributed by atoms with Gasteiger partial charge in [0.1, 0.15) is 5.82 Å². The number of hydrogen-bond acceptors (Lipinski definition) is 6. The number of piperazine rings is 1.